The van der Waals surface area contributed by atoms with Crippen molar-refractivity contribution < 1.29 is 27.8 Å². The normalized spacial score (nSPS) is 16.0. The van der Waals surface area contributed by atoms with E-state index >= 15 is 0 Å². The summed E-state index contributed by atoms with van der Waals surface area (Å²) in [7, 11) is 0. The lowest BCUT2D eigenvalue weighted by Crippen LogP contribution is -2.43. The van der Waals surface area contributed by atoms with Gasteiger partial charge in [-0.15, -0.1) is 16.7 Å². The topological polar surface area (TPSA) is 58.6 Å². The number of halogens is 3. The molecule has 1 heterocycles. The van der Waals surface area contributed by atoms with Gasteiger partial charge in [-0.25, -0.2) is 0 Å². The van der Waals surface area contributed by atoms with E-state index in [0.29, 0.717) is 32.3 Å². The fourth-order valence-corrected chi connectivity index (χ4v) is 3.77. The zero-order valence-corrected chi connectivity index (χ0v) is 13.5. The van der Waals surface area contributed by atoms with Gasteiger partial charge in [-0.3, -0.25) is 9.59 Å². The summed E-state index contributed by atoms with van der Waals surface area (Å²) in [5.74, 6) is -0.177. The van der Waals surface area contributed by atoms with Crippen molar-refractivity contribution in [2.24, 2.45) is 0 Å². The Morgan fingerprint density at radius 1 is 1.38 bits per heavy atom. The van der Waals surface area contributed by atoms with E-state index < -0.39 is 11.7 Å². The number of nitrogens with one attached hydrogen (secondary N) is 1. The number of carbonyl (C=O) groups is 2. The molecule has 24 heavy (non-hydrogen) atoms. The zero-order chi connectivity index (χ0) is 17.6. The smallest absolute Gasteiger partial charge is 0.350 e. The van der Waals surface area contributed by atoms with Gasteiger partial charge in [-0.1, -0.05) is 12.1 Å². The van der Waals surface area contributed by atoms with Crippen LogP contribution in [0, 0.1) is 0 Å². The molecule has 2 rings (SSSR count). The fourth-order valence-electron chi connectivity index (χ4n) is 2.49. The maximum atomic E-state index is 13.5. The number of likely N-dealkylation sites (tertiary alicyclic amines) is 1. The molecule has 5 nitrogen and oxygen atoms in total. The van der Waals surface area contributed by atoms with E-state index in [9.17, 15) is 22.9 Å². The van der Waals surface area contributed by atoms with E-state index in [4.69, 9.17) is 0 Å². The zero-order valence-electron chi connectivity index (χ0n) is 12.7. The van der Waals surface area contributed by atoms with Crippen LogP contribution in [0.2, 0.25) is 0 Å². The fraction of sp³-hybridized carbons (Fsp3) is 0.467. The first-order chi connectivity index (χ1) is 11.5. The Morgan fingerprint density at radius 2 is 2.04 bits per heavy atom. The molecule has 2 amide bonds. The summed E-state index contributed by atoms with van der Waals surface area (Å²) in [6.45, 7) is 0.911. The number of amides is 2. The molecule has 0 aliphatic carbocycles. The van der Waals surface area contributed by atoms with E-state index in [1.165, 1.54) is 23.9 Å². The second-order valence-corrected chi connectivity index (χ2v) is 6.63. The SMILES string of the molecule is O=CNCC(=O)N1CCC(Sc2ccccc2C(F)(F)OF)CC1. The molecule has 132 valence electrons. The largest absolute Gasteiger partial charge is 0.414 e. The van der Waals surface area contributed by atoms with Crippen LogP contribution >= 0.6 is 11.8 Å². The predicted octanol–water partition coefficient (Wildman–Crippen LogP) is 2.47. The minimum absolute atomic E-state index is 0.0321. The molecule has 1 aromatic rings. The molecule has 0 radical (unpaired) electrons. The second kappa shape index (κ2) is 8.39. The van der Waals surface area contributed by atoms with Crippen molar-refractivity contribution in [3.8, 4) is 0 Å². The lowest BCUT2D eigenvalue weighted by molar-refractivity contribution is -0.365. The molecule has 1 aliphatic rings. The number of thioether (sulfide) groups is 1. The minimum atomic E-state index is -3.99. The molecule has 1 aromatic carbocycles. The third kappa shape index (κ3) is 4.64. The first-order valence-corrected chi connectivity index (χ1v) is 8.24. The molecule has 1 saturated heterocycles. The van der Waals surface area contributed by atoms with Gasteiger partial charge in [0.15, 0.2) is 0 Å². The average molecular weight is 362 g/mol. The van der Waals surface area contributed by atoms with E-state index in [1.54, 1.807) is 11.0 Å². The highest BCUT2D eigenvalue weighted by molar-refractivity contribution is 8.00. The molecule has 0 unspecified atom stereocenters. The molecule has 0 aromatic heterocycles. The molecule has 0 bridgehead atoms. The Bertz CT molecular complexity index is 581. The lowest BCUT2D eigenvalue weighted by Gasteiger charge is -2.32. The Kier molecular flexibility index (Phi) is 6.50. The van der Waals surface area contributed by atoms with Crippen LogP contribution in [0.25, 0.3) is 0 Å². The van der Waals surface area contributed by atoms with Crippen LogP contribution in [0.15, 0.2) is 29.2 Å². The summed E-state index contributed by atoms with van der Waals surface area (Å²) in [6, 6.07) is 5.63. The highest BCUT2D eigenvalue weighted by Crippen LogP contribution is 2.40. The molecule has 9 heteroatoms. The Morgan fingerprint density at radius 3 is 2.67 bits per heavy atom. The molecule has 1 fully saturated rings. The molecule has 0 saturated carbocycles. The summed E-state index contributed by atoms with van der Waals surface area (Å²) < 4.78 is 39.1. The maximum absolute atomic E-state index is 13.5. The van der Waals surface area contributed by atoms with Crippen LogP contribution in [-0.2, 0) is 20.6 Å². The summed E-state index contributed by atoms with van der Waals surface area (Å²) in [4.78, 5) is 26.7. The number of hydrogen-bond donors (Lipinski definition) is 1. The van der Waals surface area contributed by atoms with Crippen molar-refractivity contribution in [1.29, 1.82) is 0 Å². The number of benzene rings is 1. The second-order valence-electron chi connectivity index (χ2n) is 5.29. The van der Waals surface area contributed by atoms with E-state index in [0.717, 1.165) is 6.07 Å². The predicted molar refractivity (Wildman–Crippen MR) is 82.1 cm³/mol. The summed E-state index contributed by atoms with van der Waals surface area (Å²) in [5, 5.41) is 2.35. The highest BCUT2D eigenvalue weighted by Gasteiger charge is 2.37. The van der Waals surface area contributed by atoms with E-state index in [2.05, 4.69) is 10.3 Å². The lowest BCUT2D eigenvalue weighted by atomic mass is 10.1. The van der Waals surface area contributed by atoms with Gasteiger partial charge < -0.3 is 10.2 Å². The van der Waals surface area contributed by atoms with Crippen molar-refractivity contribution in [3.05, 3.63) is 29.8 Å². The van der Waals surface area contributed by atoms with Crippen molar-refractivity contribution in [3.63, 3.8) is 0 Å². The van der Waals surface area contributed by atoms with Crippen LogP contribution in [0.5, 0.6) is 0 Å². The van der Waals surface area contributed by atoms with Crippen LogP contribution in [0.1, 0.15) is 18.4 Å². The third-order valence-corrected chi connectivity index (χ3v) is 5.14. The third-order valence-electron chi connectivity index (χ3n) is 3.72. The van der Waals surface area contributed by atoms with Crippen LogP contribution in [0.3, 0.4) is 0 Å². The van der Waals surface area contributed by atoms with Crippen molar-refractivity contribution >= 4 is 24.1 Å². The molecule has 0 atom stereocenters. The van der Waals surface area contributed by atoms with Gasteiger partial charge in [-0.05, 0) is 29.5 Å². The number of carbonyl (C=O) groups excluding carboxylic acids is 2. The Labute approximate surface area is 141 Å². The van der Waals surface area contributed by atoms with Gasteiger partial charge in [0.2, 0.25) is 12.3 Å². The van der Waals surface area contributed by atoms with Gasteiger partial charge >= 0.3 is 6.11 Å². The Hall–Kier alpha value is -1.74. The highest BCUT2D eigenvalue weighted by atomic mass is 32.2. The number of alkyl halides is 2. The van der Waals surface area contributed by atoms with Crippen LogP contribution in [-0.4, -0.2) is 42.1 Å². The quantitative estimate of drug-likeness (QED) is 0.757. The van der Waals surface area contributed by atoms with Gasteiger partial charge in [0.05, 0.1) is 12.1 Å². The molecule has 1 N–H and O–H groups in total. The molecule has 0 spiro atoms. The van der Waals surface area contributed by atoms with Gasteiger partial charge in [0.25, 0.3) is 0 Å². The summed E-state index contributed by atoms with van der Waals surface area (Å²) >= 11 is 1.23. The molecular weight excluding hydrogens is 345 g/mol. The summed E-state index contributed by atoms with van der Waals surface area (Å²) in [6.07, 6.45) is -2.28. The number of rotatable bonds is 7. The van der Waals surface area contributed by atoms with Crippen molar-refractivity contribution in [2.45, 2.75) is 29.1 Å². The standard InChI is InChI=1S/C15H17F3N2O3S/c16-15(17,23-18)12-3-1-2-4-13(12)24-11-5-7-20(8-6-11)14(22)9-19-10-21/h1-4,10-11H,5-9H2,(H,19,21). The number of nitrogens with zero attached hydrogens (tertiary/aromatic N) is 1. The van der Waals surface area contributed by atoms with E-state index in [-0.39, 0.29) is 22.6 Å². The van der Waals surface area contributed by atoms with Crippen LogP contribution in [0.4, 0.5) is 13.3 Å². The maximum Gasteiger partial charge on any atom is 0.414 e. The monoisotopic (exact) mass is 362 g/mol. The Balaban J connectivity index is 1.95. The first kappa shape index (κ1) is 18.6. The van der Waals surface area contributed by atoms with Crippen molar-refractivity contribution in [1.82, 2.24) is 10.2 Å². The van der Waals surface area contributed by atoms with Crippen LogP contribution < -0.4 is 5.32 Å². The molecular formula is C15H17F3N2O3S. The van der Waals surface area contributed by atoms with Crippen molar-refractivity contribution in [2.75, 3.05) is 19.6 Å². The minimum Gasteiger partial charge on any atom is -0.350 e. The number of hydrogen-bond acceptors (Lipinski definition) is 4. The van der Waals surface area contributed by atoms with Gasteiger partial charge in [0, 0.05) is 23.2 Å². The number of piperidine rings is 1. The van der Waals surface area contributed by atoms with E-state index in [1.807, 2.05) is 0 Å². The summed E-state index contributed by atoms with van der Waals surface area (Å²) in [5.41, 5.74) is -0.508. The van der Waals surface area contributed by atoms with Gasteiger partial charge in [0.1, 0.15) is 0 Å². The first-order valence-electron chi connectivity index (χ1n) is 7.36. The van der Waals surface area contributed by atoms with Gasteiger partial charge in [-0.2, -0.15) is 8.78 Å². The molecule has 1 aliphatic heterocycles. The average Bonchev–Trinajstić information content (AvgIpc) is 2.60.